The van der Waals surface area contributed by atoms with Crippen LogP contribution in [0.2, 0.25) is 0 Å². The van der Waals surface area contributed by atoms with Crippen LogP contribution in [0.15, 0.2) is 23.2 Å². The number of primary amides is 1. The summed E-state index contributed by atoms with van der Waals surface area (Å²) in [6.07, 6.45) is 2.50. The maximum absolute atomic E-state index is 11.3. The van der Waals surface area contributed by atoms with Gasteiger partial charge < -0.3 is 30.3 Å². The van der Waals surface area contributed by atoms with Crippen LogP contribution < -0.4 is 20.5 Å². The molecule has 1 aromatic rings. The minimum absolute atomic E-state index is 0.235. The summed E-state index contributed by atoms with van der Waals surface area (Å²) in [5.41, 5.74) is 6.47. The molecule has 8 heteroatoms. The number of likely N-dealkylation sites (N-methyl/N-ethyl adjacent to an activating group) is 1. The third kappa shape index (κ3) is 7.94. The maximum Gasteiger partial charge on any atom is 0.217 e. The van der Waals surface area contributed by atoms with Crippen LogP contribution in [0, 0.1) is 5.92 Å². The number of hydrogen-bond donors (Lipinski definition) is 2. The number of nitrogens with zero attached hydrogens (tertiary/aromatic N) is 3. The summed E-state index contributed by atoms with van der Waals surface area (Å²) in [5.74, 6) is 2.38. The van der Waals surface area contributed by atoms with Crippen LogP contribution in [0.25, 0.3) is 0 Å². The van der Waals surface area contributed by atoms with Crippen molar-refractivity contribution in [2.75, 3.05) is 53.5 Å². The first-order valence-corrected chi connectivity index (χ1v) is 11.3. The van der Waals surface area contributed by atoms with E-state index in [1.807, 2.05) is 18.2 Å². The number of aliphatic imine (C=N–C) groups is 1. The van der Waals surface area contributed by atoms with Crippen LogP contribution in [0.1, 0.15) is 38.7 Å². The highest BCUT2D eigenvalue weighted by Crippen LogP contribution is 2.28. The molecule has 0 radical (unpaired) electrons. The first-order chi connectivity index (χ1) is 15.0. The van der Waals surface area contributed by atoms with Crippen molar-refractivity contribution in [1.29, 1.82) is 0 Å². The van der Waals surface area contributed by atoms with Crippen LogP contribution in [0.5, 0.6) is 11.5 Å². The van der Waals surface area contributed by atoms with E-state index < -0.39 is 0 Å². The fourth-order valence-corrected chi connectivity index (χ4v) is 3.99. The number of piperidine rings is 1. The Labute approximate surface area is 186 Å². The molecule has 1 unspecified atom stereocenters. The molecule has 31 heavy (non-hydrogen) atoms. The fourth-order valence-electron chi connectivity index (χ4n) is 3.99. The third-order valence-corrected chi connectivity index (χ3v) is 5.76. The monoisotopic (exact) mass is 433 g/mol. The maximum atomic E-state index is 11.3. The molecule has 0 aromatic heterocycles. The van der Waals surface area contributed by atoms with Gasteiger partial charge in [0, 0.05) is 39.6 Å². The van der Waals surface area contributed by atoms with Gasteiger partial charge in [-0.15, -0.1) is 0 Å². The van der Waals surface area contributed by atoms with Crippen LogP contribution in [-0.4, -0.2) is 75.2 Å². The summed E-state index contributed by atoms with van der Waals surface area (Å²) >= 11 is 0. The summed E-state index contributed by atoms with van der Waals surface area (Å²) < 4.78 is 11.5. The molecule has 0 bridgehead atoms. The van der Waals surface area contributed by atoms with Gasteiger partial charge in [0.1, 0.15) is 6.61 Å². The summed E-state index contributed by atoms with van der Waals surface area (Å²) in [7, 11) is 3.45. The van der Waals surface area contributed by atoms with Gasteiger partial charge in [-0.25, -0.2) is 0 Å². The standard InChI is InChI=1S/C23H39N5O3/c1-5-27(6-2)12-13-31-20-10-9-18(14-21(20)30-4)16-26-23(25-3)28-11-7-8-19(17-28)15-22(24)29/h9-10,14,19H,5-8,11-13,15-17H2,1-4H3,(H2,24,29)(H,25,26). The van der Waals surface area contributed by atoms with Gasteiger partial charge in [0.2, 0.25) is 5.91 Å². The van der Waals surface area contributed by atoms with E-state index in [1.165, 1.54) is 0 Å². The van der Waals surface area contributed by atoms with E-state index in [2.05, 4.69) is 34.0 Å². The Morgan fingerprint density at radius 1 is 1.32 bits per heavy atom. The molecule has 1 saturated heterocycles. The van der Waals surface area contributed by atoms with Gasteiger partial charge in [-0.2, -0.15) is 0 Å². The van der Waals surface area contributed by atoms with Crippen molar-refractivity contribution >= 4 is 11.9 Å². The average molecular weight is 434 g/mol. The first-order valence-electron chi connectivity index (χ1n) is 11.3. The number of likely N-dealkylation sites (tertiary alicyclic amines) is 1. The van der Waals surface area contributed by atoms with Gasteiger partial charge in [0.25, 0.3) is 0 Å². The number of benzene rings is 1. The Morgan fingerprint density at radius 2 is 2.10 bits per heavy atom. The lowest BCUT2D eigenvalue weighted by Crippen LogP contribution is -2.46. The minimum Gasteiger partial charge on any atom is -0.493 e. The summed E-state index contributed by atoms with van der Waals surface area (Å²) in [5, 5.41) is 3.43. The van der Waals surface area contributed by atoms with Crippen molar-refractivity contribution in [3.05, 3.63) is 23.8 Å². The SMILES string of the molecule is CCN(CC)CCOc1ccc(CNC(=NC)N2CCCC(CC(N)=O)C2)cc1OC. The van der Waals surface area contributed by atoms with Gasteiger partial charge in [-0.3, -0.25) is 9.79 Å². The van der Waals surface area contributed by atoms with E-state index in [1.54, 1.807) is 14.2 Å². The van der Waals surface area contributed by atoms with E-state index >= 15 is 0 Å². The smallest absolute Gasteiger partial charge is 0.217 e. The van der Waals surface area contributed by atoms with Gasteiger partial charge in [0.15, 0.2) is 17.5 Å². The highest BCUT2D eigenvalue weighted by atomic mass is 16.5. The lowest BCUT2D eigenvalue weighted by atomic mass is 9.95. The second kappa shape index (κ2) is 13.0. The van der Waals surface area contributed by atoms with E-state index in [9.17, 15) is 4.79 Å². The van der Waals surface area contributed by atoms with Gasteiger partial charge in [-0.1, -0.05) is 19.9 Å². The largest absolute Gasteiger partial charge is 0.493 e. The molecule has 0 saturated carbocycles. The molecule has 3 N–H and O–H groups in total. The molecule has 1 fully saturated rings. The van der Waals surface area contributed by atoms with Crippen LogP contribution in [0.3, 0.4) is 0 Å². The zero-order valence-electron chi connectivity index (χ0n) is 19.5. The number of carbonyl (C=O) groups is 1. The summed E-state index contributed by atoms with van der Waals surface area (Å²) in [6, 6.07) is 6.01. The zero-order valence-corrected chi connectivity index (χ0v) is 19.5. The predicted octanol–water partition coefficient (Wildman–Crippen LogP) is 2.08. The molecule has 174 valence electrons. The molecule has 1 aliphatic heterocycles. The highest BCUT2D eigenvalue weighted by Gasteiger charge is 2.23. The van der Waals surface area contributed by atoms with Crippen molar-refractivity contribution in [2.24, 2.45) is 16.6 Å². The van der Waals surface area contributed by atoms with Crippen LogP contribution >= 0.6 is 0 Å². The number of rotatable bonds is 11. The second-order valence-electron chi connectivity index (χ2n) is 7.89. The average Bonchev–Trinajstić information content (AvgIpc) is 2.77. The van der Waals surface area contributed by atoms with E-state index in [0.717, 1.165) is 68.6 Å². The van der Waals surface area contributed by atoms with Crippen LogP contribution in [0.4, 0.5) is 0 Å². The van der Waals surface area contributed by atoms with E-state index in [4.69, 9.17) is 15.2 Å². The van der Waals surface area contributed by atoms with Gasteiger partial charge in [-0.05, 0) is 49.5 Å². The summed E-state index contributed by atoms with van der Waals surface area (Å²) in [6.45, 7) is 10.2. The molecule has 2 rings (SSSR count). The zero-order chi connectivity index (χ0) is 22.6. The van der Waals surface area contributed by atoms with Gasteiger partial charge >= 0.3 is 0 Å². The van der Waals surface area contributed by atoms with Crippen molar-refractivity contribution in [3.8, 4) is 11.5 Å². The number of guanidine groups is 1. The molecular formula is C23H39N5O3. The molecule has 0 aliphatic carbocycles. The number of amides is 1. The minimum atomic E-state index is -0.235. The van der Waals surface area contributed by atoms with E-state index in [0.29, 0.717) is 19.6 Å². The normalized spacial score (nSPS) is 17.0. The number of carbonyl (C=O) groups excluding carboxylic acids is 1. The second-order valence-corrected chi connectivity index (χ2v) is 7.89. The van der Waals surface area contributed by atoms with E-state index in [-0.39, 0.29) is 11.8 Å². The molecule has 1 amide bonds. The lowest BCUT2D eigenvalue weighted by Gasteiger charge is -2.34. The number of ether oxygens (including phenoxy) is 2. The molecule has 1 aliphatic rings. The molecule has 1 atom stereocenters. The lowest BCUT2D eigenvalue weighted by molar-refractivity contribution is -0.119. The molecule has 0 spiro atoms. The van der Waals surface area contributed by atoms with Crippen molar-refractivity contribution in [3.63, 3.8) is 0 Å². The summed E-state index contributed by atoms with van der Waals surface area (Å²) in [4.78, 5) is 20.2. The number of nitrogens with two attached hydrogens (primary N) is 1. The topological polar surface area (TPSA) is 92.4 Å². The Balaban J connectivity index is 1.92. The first kappa shape index (κ1) is 24.8. The number of methoxy groups -OCH3 is 1. The molecular weight excluding hydrogens is 394 g/mol. The molecule has 1 aromatic carbocycles. The fraction of sp³-hybridized carbons (Fsp3) is 0.652. The van der Waals surface area contributed by atoms with Crippen molar-refractivity contribution in [2.45, 2.75) is 39.7 Å². The number of nitrogens with one attached hydrogen (secondary N) is 1. The third-order valence-electron chi connectivity index (χ3n) is 5.76. The Morgan fingerprint density at radius 3 is 2.74 bits per heavy atom. The van der Waals surface area contributed by atoms with Crippen molar-refractivity contribution in [1.82, 2.24) is 15.1 Å². The predicted molar refractivity (Wildman–Crippen MR) is 125 cm³/mol. The van der Waals surface area contributed by atoms with Gasteiger partial charge in [0.05, 0.1) is 7.11 Å². The Kier molecular flexibility index (Phi) is 10.4. The van der Waals surface area contributed by atoms with Crippen LogP contribution in [-0.2, 0) is 11.3 Å². The molecule has 1 heterocycles. The Bertz CT molecular complexity index is 721. The van der Waals surface area contributed by atoms with Crippen molar-refractivity contribution < 1.29 is 14.3 Å². The highest BCUT2D eigenvalue weighted by molar-refractivity contribution is 5.80. The quantitative estimate of drug-likeness (QED) is 0.410. The number of hydrogen-bond acceptors (Lipinski definition) is 5. The molecule has 8 nitrogen and oxygen atoms in total. The Hall–Kier alpha value is -2.48.